The topological polar surface area (TPSA) is 45.0 Å². The van der Waals surface area contributed by atoms with E-state index < -0.39 is 11.7 Å². The first-order valence-electron chi connectivity index (χ1n) is 8.37. The highest BCUT2D eigenvalue weighted by Crippen LogP contribution is 2.32. The van der Waals surface area contributed by atoms with Crippen LogP contribution in [0.2, 0.25) is 0 Å². The summed E-state index contributed by atoms with van der Waals surface area (Å²) in [6, 6.07) is 13.4. The van der Waals surface area contributed by atoms with Gasteiger partial charge in [-0.3, -0.25) is 0 Å². The standard InChI is InChI=1S/C12H12F3N.C8H8N2/c13-12(14,15)10-5-4-6-11(9-10)16-7-2-1-3-8-16;9-7-5-10-8-4-2-1-3-6(7)8/h2,4-7,9H,1,3,8H2;1-5,10H,9H2. The number of allylic oxidation sites excluding steroid dienone is 1. The van der Waals surface area contributed by atoms with E-state index in [9.17, 15) is 13.2 Å². The van der Waals surface area contributed by atoms with Gasteiger partial charge in [-0.2, -0.15) is 13.2 Å². The van der Waals surface area contributed by atoms with Crippen molar-refractivity contribution in [2.45, 2.75) is 19.0 Å². The minimum Gasteiger partial charge on any atom is -0.397 e. The zero-order chi connectivity index (χ0) is 18.6. The Morgan fingerprint density at radius 3 is 2.54 bits per heavy atom. The van der Waals surface area contributed by atoms with E-state index in [1.807, 2.05) is 47.6 Å². The predicted molar refractivity (Wildman–Crippen MR) is 99.9 cm³/mol. The number of aromatic amines is 1. The third-order valence-corrected chi connectivity index (χ3v) is 4.18. The van der Waals surface area contributed by atoms with Gasteiger partial charge in [-0.25, -0.2) is 0 Å². The van der Waals surface area contributed by atoms with Gasteiger partial charge in [-0.15, -0.1) is 0 Å². The Bertz CT molecular complexity index is 896. The summed E-state index contributed by atoms with van der Waals surface area (Å²) >= 11 is 0. The first kappa shape index (κ1) is 17.9. The second-order valence-electron chi connectivity index (χ2n) is 6.06. The second kappa shape index (κ2) is 7.56. The molecule has 0 saturated heterocycles. The van der Waals surface area contributed by atoms with Crippen LogP contribution in [0.4, 0.5) is 24.5 Å². The maximum atomic E-state index is 12.5. The SMILES string of the molecule is FC(F)(F)c1cccc(N2C=CCCC2)c1.Nc1c[nH]c2ccccc12. The summed E-state index contributed by atoms with van der Waals surface area (Å²) in [5.74, 6) is 0. The van der Waals surface area contributed by atoms with Crippen molar-refractivity contribution in [3.63, 3.8) is 0 Å². The minimum atomic E-state index is -4.27. The van der Waals surface area contributed by atoms with Crippen LogP contribution < -0.4 is 10.6 Å². The maximum absolute atomic E-state index is 12.5. The van der Waals surface area contributed by atoms with Crippen molar-refractivity contribution in [1.29, 1.82) is 0 Å². The van der Waals surface area contributed by atoms with Crippen LogP contribution in [-0.2, 0) is 6.18 Å². The van der Waals surface area contributed by atoms with Crippen LogP contribution in [-0.4, -0.2) is 11.5 Å². The highest BCUT2D eigenvalue weighted by atomic mass is 19.4. The Morgan fingerprint density at radius 2 is 1.85 bits per heavy atom. The van der Waals surface area contributed by atoms with Crippen LogP contribution in [0.15, 0.2) is 67.0 Å². The average molecular weight is 359 g/mol. The van der Waals surface area contributed by atoms with Crippen molar-refractivity contribution in [1.82, 2.24) is 4.98 Å². The lowest BCUT2D eigenvalue weighted by Gasteiger charge is -2.24. The molecule has 3 nitrogen and oxygen atoms in total. The fourth-order valence-electron chi connectivity index (χ4n) is 2.83. The van der Waals surface area contributed by atoms with E-state index in [2.05, 4.69) is 4.98 Å². The minimum absolute atomic E-state index is 0.594. The Hall–Kier alpha value is -2.89. The molecule has 0 unspecified atom stereocenters. The lowest BCUT2D eigenvalue weighted by Crippen LogP contribution is -2.20. The molecule has 1 aromatic heterocycles. The largest absolute Gasteiger partial charge is 0.416 e. The van der Waals surface area contributed by atoms with Crippen LogP contribution in [0.25, 0.3) is 10.9 Å². The van der Waals surface area contributed by atoms with Crippen LogP contribution in [0.3, 0.4) is 0 Å². The average Bonchev–Trinajstić information content (AvgIpc) is 3.04. The van der Waals surface area contributed by atoms with Gasteiger partial charge < -0.3 is 15.6 Å². The molecule has 0 spiro atoms. The molecule has 0 aliphatic carbocycles. The number of aromatic nitrogens is 1. The number of nitrogen functional groups attached to an aromatic ring is 1. The molecule has 136 valence electrons. The van der Waals surface area contributed by atoms with Gasteiger partial charge in [0.1, 0.15) is 0 Å². The number of nitrogens with one attached hydrogen (secondary N) is 1. The molecule has 26 heavy (non-hydrogen) atoms. The quantitative estimate of drug-likeness (QED) is 0.597. The van der Waals surface area contributed by atoms with Gasteiger partial charge in [-0.1, -0.05) is 30.3 Å². The number of hydrogen-bond acceptors (Lipinski definition) is 2. The Balaban J connectivity index is 0.000000167. The Morgan fingerprint density at radius 1 is 1.04 bits per heavy atom. The van der Waals surface area contributed by atoms with Crippen molar-refractivity contribution in [2.75, 3.05) is 17.2 Å². The number of nitrogens with two attached hydrogens (primary N) is 1. The molecule has 0 atom stereocenters. The summed E-state index contributed by atoms with van der Waals surface area (Å²) in [6.45, 7) is 0.776. The number of alkyl halides is 3. The van der Waals surface area contributed by atoms with E-state index in [1.54, 1.807) is 6.07 Å². The number of H-pyrrole nitrogens is 1. The van der Waals surface area contributed by atoms with E-state index in [1.165, 1.54) is 12.1 Å². The number of nitrogens with zero attached hydrogens (tertiary/aromatic N) is 1. The van der Waals surface area contributed by atoms with Crippen LogP contribution in [0.5, 0.6) is 0 Å². The van der Waals surface area contributed by atoms with Crippen molar-refractivity contribution >= 4 is 22.3 Å². The number of halogens is 3. The predicted octanol–water partition coefficient (Wildman–Crippen LogP) is 5.57. The number of anilines is 2. The first-order valence-corrected chi connectivity index (χ1v) is 8.37. The molecular weight excluding hydrogens is 339 g/mol. The van der Waals surface area contributed by atoms with Crippen molar-refractivity contribution in [2.24, 2.45) is 0 Å². The molecule has 1 aliphatic heterocycles. The second-order valence-corrected chi connectivity index (χ2v) is 6.06. The van der Waals surface area contributed by atoms with Gasteiger partial charge >= 0.3 is 6.18 Å². The van der Waals surface area contributed by atoms with Crippen molar-refractivity contribution < 1.29 is 13.2 Å². The molecule has 0 bridgehead atoms. The number of para-hydroxylation sites is 1. The van der Waals surface area contributed by atoms with E-state index in [4.69, 9.17) is 5.73 Å². The normalized spacial score (nSPS) is 14.2. The van der Waals surface area contributed by atoms with E-state index in [0.717, 1.165) is 42.0 Å². The summed E-state index contributed by atoms with van der Waals surface area (Å²) in [4.78, 5) is 4.91. The number of benzene rings is 2. The molecule has 6 heteroatoms. The summed E-state index contributed by atoms with van der Waals surface area (Å²) in [7, 11) is 0. The lowest BCUT2D eigenvalue weighted by molar-refractivity contribution is -0.137. The van der Waals surface area contributed by atoms with Gasteiger partial charge in [0, 0.05) is 35.5 Å². The maximum Gasteiger partial charge on any atom is 0.416 e. The van der Waals surface area contributed by atoms with Gasteiger partial charge in [-0.05, 0) is 37.1 Å². The molecule has 1 aliphatic rings. The fraction of sp³-hybridized carbons (Fsp3) is 0.200. The highest BCUT2D eigenvalue weighted by molar-refractivity contribution is 5.90. The molecule has 2 heterocycles. The summed E-state index contributed by atoms with van der Waals surface area (Å²) in [5.41, 5.74) is 7.57. The van der Waals surface area contributed by atoms with E-state index in [-0.39, 0.29) is 0 Å². The third kappa shape index (κ3) is 4.20. The molecule has 3 N–H and O–H groups in total. The monoisotopic (exact) mass is 359 g/mol. The molecule has 3 aromatic rings. The summed E-state index contributed by atoms with van der Waals surface area (Å²) in [5, 5.41) is 1.10. The molecule has 0 saturated carbocycles. The summed E-state index contributed by atoms with van der Waals surface area (Å²) in [6.07, 6.45) is 3.34. The fourth-order valence-corrected chi connectivity index (χ4v) is 2.83. The number of hydrogen-bond donors (Lipinski definition) is 2. The smallest absolute Gasteiger partial charge is 0.397 e. The molecule has 2 aromatic carbocycles. The number of rotatable bonds is 1. The van der Waals surface area contributed by atoms with Crippen molar-refractivity contribution in [3.05, 3.63) is 72.6 Å². The van der Waals surface area contributed by atoms with Gasteiger partial charge in [0.25, 0.3) is 0 Å². The van der Waals surface area contributed by atoms with Crippen LogP contribution >= 0.6 is 0 Å². The zero-order valence-corrected chi connectivity index (χ0v) is 14.1. The van der Waals surface area contributed by atoms with Crippen LogP contribution in [0, 0.1) is 0 Å². The number of fused-ring (bicyclic) bond motifs is 1. The van der Waals surface area contributed by atoms with Gasteiger partial charge in [0.2, 0.25) is 0 Å². The Labute approximate surface area is 149 Å². The van der Waals surface area contributed by atoms with Gasteiger partial charge in [0.15, 0.2) is 0 Å². The third-order valence-electron chi connectivity index (χ3n) is 4.18. The lowest BCUT2D eigenvalue weighted by atomic mass is 10.1. The zero-order valence-electron chi connectivity index (χ0n) is 14.1. The van der Waals surface area contributed by atoms with Crippen LogP contribution in [0.1, 0.15) is 18.4 Å². The van der Waals surface area contributed by atoms with Gasteiger partial charge in [0.05, 0.1) is 11.3 Å². The Kier molecular flexibility index (Phi) is 5.21. The van der Waals surface area contributed by atoms with Crippen molar-refractivity contribution in [3.8, 4) is 0 Å². The molecule has 0 radical (unpaired) electrons. The van der Waals surface area contributed by atoms with E-state index in [0.29, 0.717) is 5.69 Å². The highest BCUT2D eigenvalue weighted by Gasteiger charge is 2.30. The molecule has 0 amide bonds. The molecule has 4 rings (SSSR count). The first-order chi connectivity index (χ1) is 12.4. The van der Waals surface area contributed by atoms with E-state index >= 15 is 0 Å². The molecular formula is C20H20F3N3. The molecule has 0 fully saturated rings. The summed E-state index contributed by atoms with van der Waals surface area (Å²) < 4.78 is 37.5.